The first-order valence-electron chi connectivity index (χ1n) is 3.34. The summed E-state index contributed by atoms with van der Waals surface area (Å²) in [5, 5.41) is 10.5. The minimum Gasteiger partial charge on any atom is -0.358 e. The van der Waals surface area contributed by atoms with Gasteiger partial charge in [0.2, 0.25) is 0 Å². The molecule has 0 atom stereocenters. The fourth-order valence-corrected chi connectivity index (χ4v) is 1.86. The molecule has 0 bridgehead atoms. The predicted octanol–water partition coefficient (Wildman–Crippen LogP) is 0.337. The molecule has 6 nitrogen and oxygen atoms in total. The molecule has 0 fully saturated rings. The molecule has 0 aliphatic carbocycles. The van der Waals surface area contributed by atoms with Crippen molar-refractivity contribution in [3.05, 3.63) is 22.4 Å². The summed E-state index contributed by atoms with van der Waals surface area (Å²) in [4.78, 5) is 9.51. The lowest BCUT2D eigenvalue weighted by Crippen LogP contribution is -2.03. The van der Waals surface area contributed by atoms with Gasteiger partial charge in [-0.25, -0.2) is 13.0 Å². The second kappa shape index (κ2) is 2.84. The van der Waals surface area contributed by atoms with Gasteiger partial charge in [0, 0.05) is 12.3 Å². The first-order valence-corrected chi connectivity index (χ1v) is 5.23. The average molecular weight is 204 g/mol. The van der Waals surface area contributed by atoms with E-state index in [1.165, 1.54) is 19.3 Å². The van der Waals surface area contributed by atoms with E-state index in [0.717, 1.165) is 10.8 Å². The molecule has 0 spiro atoms. The van der Waals surface area contributed by atoms with E-state index in [2.05, 4.69) is 0 Å². The Balaban J connectivity index is 3.49. The predicted molar refractivity (Wildman–Crippen MR) is 45.2 cm³/mol. The lowest BCUT2D eigenvalue weighted by atomic mass is 10.6. The summed E-state index contributed by atoms with van der Waals surface area (Å²) in [6, 6.07) is 1.22. The molecule has 0 radical (unpaired) electrons. The van der Waals surface area contributed by atoms with Crippen LogP contribution in [-0.4, -0.2) is 24.2 Å². The molecule has 0 aliphatic rings. The lowest BCUT2D eigenvalue weighted by molar-refractivity contribution is -0.394. The third kappa shape index (κ3) is 1.69. The molecule has 0 aromatic carbocycles. The number of hydrogen-bond acceptors (Lipinski definition) is 4. The molecule has 13 heavy (non-hydrogen) atoms. The summed E-state index contributed by atoms with van der Waals surface area (Å²) in [5.41, 5.74) is 0. The van der Waals surface area contributed by atoms with E-state index < -0.39 is 20.6 Å². The summed E-state index contributed by atoms with van der Waals surface area (Å²) in [7, 11) is -2.10. The van der Waals surface area contributed by atoms with Crippen LogP contribution in [0.2, 0.25) is 0 Å². The number of nitro groups is 1. The zero-order chi connectivity index (χ0) is 10.2. The molecule has 1 heterocycles. The van der Waals surface area contributed by atoms with Gasteiger partial charge in [0.25, 0.3) is 0 Å². The largest absolute Gasteiger partial charge is 0.358 e. The van der Waals surface area contributed by atoms with Crippen molar-refractivity contribution >= 4 is 15.7 Å². The molecule has 1 rings (SSSR count). The topological polar surface area (TPSA) is 82.2 Å². The van der Waals surface area contributed by atoms with Crippen LogP contribution < -0.4 is 0 Å². The molecule has 0 saturated carbocycles. The van der Waals surface area contributed by atoms with E-state index in [1.807, 2.05) is 0 Å². The van der Waals surface area contributed by atoms with Gasteiger partial charge in [-0.15, -0.1) is 0 Å². The molecule has 0 unspecified atom stereocenters. The highest BCUT2D eigenvalue weighted by Gasteiger charge is 2.24. The van der Waals surface area contributed by atoms with Crippen molar-refractivity contribution in [3.8, 4) is 0 Å². The standard InChI is InChI=1S/C6H8N2O4S/c1-7-4-3-5(13(2,11)12)6(7)8(9)10/h3-4H,1-2H3. The average Bonchev–Trinajstić information content (AvgIpc) is 2.28. The van der Waals surface area contributed by atoms with Gasteiger partial charge >= 0.3 is 5.82 Å². The Morgan fingerprint density at radius 1 is 1.54 bits per heavy atom. The highest BCUT2D eigenvalue weighted by molar-refractivity contribution is 7.90. The van der Waals surface area contributed by atoms with Crippen molar-refractivity contribution in [2.45, 2.75) is 4.90 Å². The van der Waals surface area contributed by atoms with Crippen LogP contribution in [0.1, 0.15) is 0 Å². The van der Waals surface area contributed by atoms with Crippen molar-refractivity contribution in [2.75, 3.05) is 6.26 Å². The van der Waals surface area contributed by atoms with Gasteiger partial charge in [0.1, 0.15) is 0 Å². The number of sulfone groups is 1. The van der Waals surface area contributed by atoms with Crippen LogP contribution in [0, 0.1) is 10.1 Å². The molecule has 1 aromatic heterocycles. The van der Waals surface area contributed by atoms with E-state index in [9.17, 15) is 18.5 Å². The number of rotatable bonds is 2. The fraction of sp³-hybridized carbons (Fsp3) is 0.333. The second-order valence-electron chi connectivity index (χ2n) is 2.64. The van der Waals surface area contributed by atoms with E-state index in [-0.39, 0.29) is 4.90 Å². The van der Waals surface area contributed by atoms with E-state index in [4.69, 9.17) is 0 Å². The van der Waals surface area contributed by atoms with Gasteiger partial charge in [0.05, 0.1) is 13.2 Å². The van der Waals surface area contributed by atoms with E-state index in [1.54, 1.807) is 0 Å². The maximum atomic E-state index is 11.1. The minimum absolute atomic E-state index is 0.250. The molecule has 72 valence electrons. The Bertz CT molecular complexity index is 445. The highest BCUT2D eigenvalue weighted by atomic mass is 32.2. The Hall–Kier alpha value is -1.37. The van der Waals surface area contributed by atoms with Crippen LogP contribution in [0.3, 0.4) is 0 Å². The highest BCUT2D eigenvalue weighted by Crippen LogP contribution is 2.23. The quantitative estimate of drug-likeness (QED) is 0.513. The van der Waals surface area contributed by atoms with Gasteiger partial charge in [0.15, 0.2) is 14.7 Å². The third-order valence-electron chi connectivity index (χ3n) is 1.58. The van der Waals surface area contributed by atoms with Gasteiger partial charge in [-0.1, -0.05) is 0 Å². The molecule has 0 amide bonds. The number of aryl methyl sites for hydroxylation is 1. The molecule has 0 saturated heterocycles. The van der Waals surface area contributed by atoms with Crippen molar-refractivity contribution in [1.29, 1.82) is 0 Å². The summed E-state index contributed by atoms with van der Waals surface area (Å²) >= 11 is 0. The Kier molecular flexibility index (Phi) is 2.12. The van der Waals surface area contributed by atoms with Gasteiger partial charge < -0.3 is 10.1 Å². The Labute approximate surface area is 74.9 Å². The van der Waals surface area contributed by atoms with Crippen LogP contribution in [0.5, 0.6) is 0 Å². The van der Waals surface area contributed by atoms with Crippen molar-refractivity contribution in [1.82, 2.24) is 4.57 Å². The monoisotopic (exact) mass is 204 g/mol. The minimum atomic E-state index is -3.52. The maximum absolute atomic E-state index is 11.1. The Morgan fingerprint density at radius 2 is 2.08 bits per heavy atom. The normalized spacial score (nSPS) is 11.5. The fourth-order valence-electron chi connectivity index (χ4n) is 1.01. The molecular weight excluding hydrogens is 196 g/mol. The van der Waals surface area contributed by atoms with Crippen LogP contribution >= 0.6 is 0 Å². The summed E-state index contributed by atoms with van der Waals surface area (Å²) in [6.45, 7) is 0. The SMILES string of the molecule is Cn1ccc(S(C)(=O)=O)c1[N+](=O)[O-]. The molecule has 7 heteroatoms. The number of hydrogen-bond donors (Lipinski definition) is 0. The first kappa shape index (κ1) is 9.72. The molecule has 1 aromatic rings. The van der Waals surface area contributed by atoms with Crippen LogP contribution in [-0.2, 0) is 16.9 Å². The van der Waals surface area contributed by atoms with Crippen molar-refractivity contribution in [2.24, 2.45) is 7.05 Å². The van der Waals surface area contributed by atoms with E-state index >= 15 is 0 Å². The summed E-state index contributed by atoms with van der Waals surface area (Å²) < 4.78 is 23.3. The van der Waals surface area contributed by atoms with Crippen LogP contribution in [0.25, 0.3) is 0 Å². The first-order chi connectivity index (χ1) is 5.84. The summed E-state index contributed by atoms with van der Waals surface area (Å²) in [5.74, 6) is -0.400. The van der Waals surface area contributed by atoms with Crippen molar-refractivity contribution in [3.63, 3.8) is 0 Å². The number of aromatic nitrogens is 1. The second-order valence-corrected chi connectivity index (χ2v) is 4.63. The zero-order valence-corrected chi connectivity index (χ0v) is 7.91. The molecule has 0 N–H and O–H groups in total. The summed E-state index contributed by atoms with van der Waals surface area (Å²) in [6.07, 6.45) is 2.28. The van der Waals surface area contributed by atoms with Crippen LogP contribution in [0.15, 0.2) is 17.2 Å². The zero-order valence-electron chi connectivity index (χ0n) is 7.09. The van der Waals surface area contributed by atoms with E-state index in [0.29, 0.717) is 0 Å². The lowest BCUT2D eigenvalue weighted by Gasteiger charge is -1.97. The molecule has 0 aliphatic heterocycles. The Morgan fingerprint density at radius 3 is 2.38 bits per heavy atom. The van der Waals surface area contributed by atoms with Crippen LogP contribution in [0.4, 0.5) is 5.82 Å². The smallest absolute Gasteiger partial charge is 0.341 e. The third-order valence-corrected chi connectivity index (χ3v) is 2.69. The van der Waals surface area contributed by atoms with Gasteiger partial charge in [-0.2, -0.15) is 0 Å². The van der Waals surface area contributed by atoms with Gasteiger partial charge in [-0.3, -0.25) is 0 Å². The maximum Gasteiger partial charge on any atom is 0.341 e. The number of nitrogens with zero attached hydrogens (tertiary/aromatic N) is 2. The van der Waals surface area contributed by atoms with Crippen molar-refractivity contribution < 1.29 is 13.3 Å². The van der Waals surface area contributed by atoms with Gasteiger partial charge in [-0.05, 0) is 4.92 Å². The molecular formula is C6H8N2O4S.